The van der Waals surface area contributed by atoms with Gasteiger partial charge in [0, 0.05) is 16.5 Å². The Hall–Kier alpha value is -2.25. The van der Waals surface area contributed by atoms with Crippen LogP contribution in [0.5, 0.6) is 0 Å². The maximum atomic E-state index is 12.5. The summed E-state index contributed by atoms with van der Waals surface area (Å²) in [7, 11) is 0. The fraction of sp³-hybridized carbons (Fsp3) is 0.500. The maximum absolute atomic E-state index is 12.5. The quantitative estimate of drug-likeness (QED) is 0.718. The number of hydrogen-bond acceptors (Lipinski definition) is 5. The van der Waals surface area contributed by atoms with E-state index in [2.05, 4.69) is 48.5 Å². The highest BCUT2D eigenvalue weighted by Crippen LogP contribution is 2.31. The lowest BCUT2D eigenvalue weighted by Crippen LogP contribution is -2.47. The first-order valence-corrected chi connectivity index (χ1v) is 10.7. The number of carbonyl (C=O) groups is 2. The molecular formula is C22H32N4O2S. The van der Waals surface area contributed by atoms with Gasteiger partial charge in [-0.2, -0.15) is 0 Å². The van der Waals surface area contributed by atoms with Crippen molar-refractivity contribution in [3.05, 3.63) is 34.2 Å². The number of hydrogen-bond donors (Lipinski definition) is 2. The third-order valence-electron chi connectivity index (χ3n) is 4.38. The Kier molecular flexibility index (Phi) is 7.54. The number of amides is 2. The van der Waals surface area contributed by atoms with Crippen molar-refractivity contribution < 1.29 is 9.59 Å². The molecule has 2 amide bonds. The highest BCUT2D eigenvalue weighted by atomic mass is 32.1. The van der Waals surface area contributed by atoms with Gasteiger partial charge in [-0.1, -0.05) is 24.6 Å². The molecule has 1 heterocycles. The SMILES string of the molecule is CCN(CC(=O)Nc1nc(-c2c(C)cc(C)cc2C)cs1)CC(=O)NC(C)(C)C. The van der Waals surface area contributed by atoms with Gasteiger partial charge in [-0.25, -0.2) is 4.98 Å². The minimum absolute atomic E-state index is 0.0889. The highest BCUT2D eigenvalue weighted by Gasteiger charge is 2.18. The van der Waals surface area contributed by atoms with Crippen LogP contribution in [-0.4, -0.2) is 46.9 Å². The van der Waals surface area contributed by atoms with Gasteiger partial charge < -0.3 is 10.6 Å². The Bertz CT molecular complexity index is 860. The zero-order valence-electron chi connectivity index (χ0n) is 18.5. The number of aromatic nitrogens is 1. The first-order chi connectivity index (χ1) is 13.5. The van der Waals surface area contributed by atoms with Crippen LogP contribution in [0, 0.1) is 20.8 Å². The number of aryl methyl sites for hydroxylation is 3. The number of rotatable bonds is 7. The predicted octanol–water partition coefficient (Wildman–Crippen LogP) is 3.91. The average Bonchev–Trinajstić information content (AvgIpc) is 2.99. The first kappa shape index (κ1) is 23.0. The monoisotopic (exact) mass is 416 g/mol. The fourth-order valence-electron chi connectivity index (χ4n) is 3.33. The van der Waals surface area contributed by atoms with Crippen LogP contribution in [0.25, 0.3) is 11.3 Å². The summed E-state index contributed by atoms with van der Waals surface area (Å²) in [5, 5.41) is 8.32. The summed E-state index contributed by atoms with van der Waals surface area (Å²) in [6.45, 7) is 14.9. The molecule has 0 spiro atoms. The Labute approximate surface area is 177 Å². The van der Waals surface area contributed by atoms with Crippen LogP contribution < -0.4 is 10.6 Å². The van der Waals surface area contributed by atoms with Crippen molar-refractivity contribution in [2.45, 2.75) is 54.0 Å². The van der Waals surface area contributed by atoms with Gasteiger partial charge in [-0.3, -0.25) is 14.5 Å². The van der Waals surface area contributed by atoms with Crippen LogP contribution >= 0.6 is 11.3 Å². The second-order valence-corrected chi connectivity index (χ2v) is 9.32. The lowest BCUT2D eigenvalue weighted by Gasteiger charge is -2.24. The Morgan fingerprint density at radius 1 is 1.07 bits per heavy atom. The minimum Gasteiger partial charge on any atom is -0.350 e. The van der Waals surface area contributed by atoms with E-state index in [4.69, 9.17) is 0 Å². The smallest absolute Gasteiger partial charge is 0.240 e. The first-order valence-electron chi connectivity index (χ1n) is 9.85. The van der Waals surface area contributed by atoms with Crippen molar-refractivity contribution in [2.75, 3.05) is 25.0 Å². The lowest BCUT2D eigenvalue weighted by molar-refractivity contribution is -0.124. The molecule has 0 fully saturated rings. The Morgan fingerprint density at radius 2 is 1.66 bits per heavy atom. The molecule has 1 aromatic heterocycles. The molecule has 7 heteroatoms. The molecule has 0 unspecified atom stereocenters. The molecular weight excluding hydrogens is 384 g/mol. The van der Waals surface area contributed by atoms with E-state index in [1.54, 1.807) is 4.90 Å². The molecule has 0 aliphatic rings. The molecule has 0 atom stereocenters. The van der Waals surface area contributed by atoms with E-state index < -0.39 is 0 Å². The van der Waals surface area contributed by atoms with E-state index >= 15 is 0 Å². The number of nitrogens with zero attached hydrogens (tertiary/aromatic N) is 2. The summed E-state index contributed by atoms with van der Waals surface area (Å²) in [6, 6.07) is 4.28. The Balaban J connectivity index is 2.00. The molecule has 0 saturated carbocycles. The van der Waals surface area contributed by atoms with E-state index in [0.717, 1.165) is 11.3 Å². The fourth-order valence-corrected chi connectivity index (χ4v) is 4.05. The molecule has 6 nitrogen and oxygen atoms in total. The van der Waals surface area contributed by atoms with Crippen LogP contribution in [0.2, 0.25) is 0 Å². The number of thiazole rings is 1. The van der Waals surface area contributed by atoms with Crippen LogP contribution in [0.15, 0.2) is 17.5 Å². The zero-order valence-corrected chi connectivity index (χ0v) is 19.3. The molecule has 0 saturated heterocycles. The lowest BCUT2D eigenvalue weighted by atomic mass is 9.98. The van der Waals surface area contributed by atoms with Gasteiger partial charge in [0.25, 0.3) is 0 Å². The third-order valence-corrected chi connectivity index (χ3v) is 5.14. The predicted molar refractivity (Wildman–Crippen MR) is 120 cm³/mol. The van der Waals surface area contributed by atoms with Crippen molar-refractivity contribution >= 4 is 28.3 Å². The molecule has 0 aliphatic heterocycles. The zero-order chi connectivity index (χ0) is 21.8. The van der Waals surface area contributed by atoms with Gasteiger partial charge in [0.05, 0.1) is 18.8 Å². The van der Waals surface area contributed by atoms with Crippen LogP contribution in [0.4, 0.5) is 5.13 Å². The molecule has 1 aromatic carbocycles. The Morgan fingerprint density at radius 3 is 2.21 bits per heavy atom. The van der Waals surface area contributed by atoms with Crippen LogP contribution in [-0.2, 0) is 9.59 Å². The van der Waals surface area contributed by atoms with E-state index in [-0.39, 0.29) is 30.4 Å². The van der Waals surface area contributed by atoms with E-state index in [1.807, 2.05) is 33.1 Å². The normalized spacial score (nSPS) is 11.6. The molecule has 158 valence electrons. The van der Waals surface area contributed by atoms with E-state index in [0.29, 0.717) is 11.7 Å². The molecule has 0 aliphatic carbocycles. The summed E-state index contributed by atoms with van der Waals surface area (Å²) >= 11 is 1.41. The van der Waals surface area contributed by atoms with Gasteiger partial charge in [0.2, 0.25) is 11.8 Å². The summed E-state index contributed by atoms with van der Waals surface area (Å²) in [4.78, 5) is 31.0. The molecule has 29 heavy (non-hydrogen) atoms. The standard InChI is InChI=1S/C22H32N4O2S/c1-8-26(12-19(28)25-22(5,6)7)11-18(27)24-21-23-17(13-29-21)20-15(3)9-14(2)10-16(20)4/h9-10,13H,8,11-12H2,1-7H3,(H,25,28)(H,23,24,27). The number of benzene rings is 1. The van der Waals surface area contributed by atoms with Crippen LogP contribution in [0.1, 0.15) is 44.4 Å². The molecule has 0 bridgehead atoms. The van der Waals surface area contributed by atoms with Crippen molar-refractivity contribution in [2.24, 2.45) is 0 Å². The van der Waals surface area contributed by atoms with E-state index in [1.165, 1.54) is 28.0 Å². The minimum atomic E-state index is -0.289. The van der Waals surface area contributed by atoms with Gasteiger partial charge in [0.15, 0.2) is 5.13 Å². The van der Waals surface area contributed by atoms with Gasteiger partial charge in [-0.15, -0.1) is 11.3 Å². The second kappa shape index (κ2) is 9.50. The van der Waals surface area contributed by atoms with Crippen molar-refractivity contribution in [1.29, 1.82) is 0 Å². The van der Waals surface area contributed by atoms with Crippen molar-refractivity contribution in [3.63, 3.8) is 0 Å². The second-order valence-electron chi connectivity index (χ2n) is 8.46. The number of anilines is 1. The van der Waals surface area contributed by atoms with E-state index in [9.17, 15) is 9.59 Å². The largest absolute Gasteiger partial charge is 0.350 e. The topological polar surface area (TPSA) is 74.3 Å². The van der Waals surface area contributed by atoms with Crippen LogP contribution in [0.3, 0.4) is 0 Å². The average molecular weight is 417 g/mol. The van der Waals surface area contributed by atoms with Crippen molar-refractivity contribution in [1.82, 2.24) is 15.2 Å². The number of nitrogens with one attached hydrogen (secondary N) is 2. The van der Waals surface area contributed by atoms with Gasteiger partial charge >= 0.3 is 0 Å². The number of likely N-dealkylation sites (N-methyl/N-ethyl adjacent to an activating group) is 1. The molecule has 2 aromatic rings. The molecule has 0 radical (unpaired) electrons. The highest BCUT2D eigenvalue weighted by molar-refractivity contribution is 7.14. The molecule has 2 N–H and O–H groups in total. The number of carbonyl (C=O) groups excluding carboxylic acids is 2. The molecule has 2 rings (SSSR count). The van der Waals surface area contributed by atoms with Gasteiger partial charge in [0.1, 0.15) is 0 Å². The summed E-state index contributed by atoms with van der Waals surface area (Å²) < 4.78 is 0. The third kappa shape index (κ3) is 6.94. The van der Waals surface area contributed by atoms with Crippen molar-refractivity contribution in [3.8, 4) is 11.3 Å². The van der Waals surface area contributed by atoms with Gasteiger partial charge in [-0.05, 0) is 59.2 Å². The summed E-state index contributed by atoms with van der Waals surface area (Å²) in [5.74, 6) is -0.261. The summed E-state index contributed by atoms with van der Waals surface area (Å²) in [5.41, 5.74) is 5.27. The summed E-state index contributed by atoms with van der Waals surface area (Å²) in [6.07, 6.45) is 0. The maximum Gasteiger partial charge on any atom is 0.240 e.